The van der Waals surface area contributed by atoms with Crippen molar-refractivity contribution in [1.29, 1.82) is 0 Å². The minimum atomic E-state index is 0.710. The number of nitrogens with zero attached hydrogens (tertiary/aromatic N) is 5. The van der Waals surface area contributed by atoms with Crippen LogP contribution in [0.15, 0.2) is 41.7 Å². The summed E-state index contributed by atoms with van der Waals surface area (Å²) in [6.07, 6.45) is 8.21. The number of fused-ring (bicyclic) bond motifs is 1. The Hall–Kier alpha value is -2.82. The van der Waals surface area contributed by atoms with Crippen molar-refractivity contribution in [3.05, 3.63) is 64.9 Å². The Kier molecular flexibility index (Phi) is 3.26. The second-order valence-electron chi connectivity index (χ2n) is 5.90. The van der Waals surface area contributed by atoms with Crippen LogP contribution in [-0.4, -0.2) is 32.3 Å². The zero-order valence-electron chi connectivity index (χ0n) is 13.2. The van der Waals surface area contributed by atoms with E-state index in [1.165, 1.54) is 16.7 Å². The number of allylic oxidation sites excluding steroid dienone is 1. The van der Waals surface area contributed by atoms with Gasteiger partial charge in [0.2, 0.25) is 0 Å². The predicted molar refractivity (Wildman–Crippen MR) is 90.8 cm³/mol. The number of hydrogen-bond donors (Lipinski definition) is 0. The number of rotatable bonds is 3. The first-order chi connectivity index (χ1) is 11.2. The van der Waals surface area contributed by atoms with Gasteiger partial charge in [-0.2, -0.15) is 5.10 Å². The summed E-state index contributed by atoms with van der Waals surface area (Å²) >= 11 is 0. The summed E-state index contributed by atoms with van der Waals surface area (Å²) < 4.78 is 1.80. The van der Waals surface area contributed by atoms with Gasteiger partial charge < -0.3 is 0 Å². The minimum Gasteiger partial charge on any atom is -0.288 e. The summed E-state index contributed by atoms with van der Waals surface area (Å²) in [5.41, 5.74) is 6.40. The molecule has 0 fully saturated rings. The Balaban J connectivity index is 1.74. The molecule has 3 heterocycles. The fraction of sp³-hybridized carbons (Fsp3) is 0.222. The molecule has 0 radical (unpaired) electrons. The molecule has 2 aromatic heterocycles. The SMILES string of the molecule is Cc1cc(C)cc(Cc2nc3c(C4=CCN=C4)nccn3n2)c1. The molecular weight excluding hydrogens is 286 g/mol. The summed E-state index contributed by atoms with van der Waals surface area (Å²) in [5, 5.41) is 4.59. The number of benzene rings is 1. The Morgan fingerprint density at radius 3 is 2.70 bits per heavy atom. The lowest BCUT2D eigenvalue weighted by atomic mass is 10.1. The van der Waals surface area contributed by atoms with Gasteiger partial charge in [-0.1, -0.05) is 35.4 Å². The molecule has 4 rings (SSSR count). The Morgan fingerprint density at radius 1 is 1.13 bits per heavy atom. The van der Waals surface area contributed by atoms with Gasteiger partial charge in [0.05, 0.1) is 6.54 Å². The molecule has 0 saturated heterocycles. The highest BCUT2D eigenvalue weighted by molar-refractivity contribution is 6.12. The fourth-order valence-electron chi connectivity index (χ4n) is 3.01. The molecule has 1 aromatic carbocycles. The summed E-state index contributed by atoms with van der Waals surface area (Å²) in [4.78, 5) is 13.4. The van der Waals surface area contributed by atoms with Gasteiger partial charge in [0.1, 0.15) is 5.69 Å². The van der Waals surface area contributed by atoms with Crippen molar-refractivity contribution < 1.29 is 0 Å². The van der Waals surface area contributed by atoms with Crippen molar-refractivity contribution in [3.63, 3.8) is 0 Å². The third kappa shape index (κ3) is 2.65. The molecule has 0 unspecified atom stereocenters. The van der Waals surface area contributed by atoms with E-state index in [2.05, 4.69) is 53.2 Å². The van der Waals surface area contributed by atoms with Gasteiger partial charge in [-0.15, -0.1) is 0 Å². The van der Waals surface area contributed by atoms with Gasteiger partial charge in [-0.25, -0.2) is 9.50 Å². The topological polar surface area (TPSA) is 55.4 Å². The molecule has 3 aromatic rings. The van der Waals surface area contributed by atoms with E-state index < -0.39 is 0 Å². The third-order valence-corrected chi connectivity index (χ3v) is 3.86. The van der Waals surface area contributed by atoms with E-state index in [1.54, 1.807) is 10.7 Å². The highest BCUT2D eigenvalue weighted by Crippen LogP contribution is 2.19. The lowest BCUT2D eigenvalue weighted by Gasteiger charge is -2.02. The van der Waals surface area contributed by atoms with E-state index in [9.17, 15) is 0 Å². The van der Waals surface area contributed by atoms with E-state index >= 15 is 0 Å². The quantitative estimate of drug-likeness (QED) is 0.747. The highest BCUT2D eigenvalue weighted by Gasteiger charge is 2.13. The predicted octanol–water partition coefficient (Wildman–Crippen LogP) is 2.80. The fourth-order valence-corrected chi connectivity index (χ4v) is 3.01. The van der Waals surface area contributed by atoms with E-state index in [4.69, 9.17) is 4.98 Å². The van der Waals surface area contributed by atoms with Crippen LogP contribution < -0.4 is 0 Å². The van der Waals surface area contributed by atoms with Crippen LogP contribution in [0.1, 0.15) is 28.2 Å². The maximum Gasteiger partial charge on any atom is 0.182 e. The lowest BCUT2D eigenvalue weighted by molar-refractivity contribution is 0.891. The van der Waals surface area contributed by atoms with Crippen LogP contribution >= 0.6 is 0 Å². The van der Waals surface area contributed by atoms with Gasteiger partial charge in [0, 0.05) is 30.6 Å². The summed E-state index contributed by atoms with van der Waals surface area (Å²) in [5.74, 6) is 0.805. The van der Waals surface area contributed by atoms with E-state index in [-0.39, 0.29) is 0 Å². The molecule has 1 aliphatic rings. The molecular formula is C18H17N5. The van der Waals surface area contributed by atoms with E-state index in [0.717, 1.165) is 29.2 Å². The number of hydrogen-bond acceptors (Lipinski definition) is 4. The maximum absolute atomic E-state index is 4.70. The third-order valence-electron chi connectivity index (χ3n) is 3.86. The van der Waals surface area contributed by atoms with Gasteiger partial charge >= 0.3 is 0 Å². The zero-order chi connectivity index (χ0) is 15.8. The molecule has 23 heavy (non-hydrogen) atoms. The molecule has 114 valence electrons. The van der Waals surface area contributed by atoms with Crippen molar-refractivity contribution in [1.82, 2.24) is 19.6 Å². The van der Waals surface area contributed by atoms with Gasteiger partial charge in [0.25, 0.3) is 0 Å². The summed E-state index contributed by atoms with van der Waals surface area (Å²) in [7, 11) is 0. The standard InChI is InChI=1S/C18H17N5/c1-12-7-13(2)9-14(8-12)10-16-21-18-17(15-3-4-19-11-15)20-5-6-23(18)22-16/h3,5-9,11H,4,10H2,1-2H3. The lowest BCUT2D eigenvalue weighted by Crippen LogP contribution is -1.96. The first-order valence-corrected chi connectivity index (χ1v) is 7.67. The van der Waals surface area contributed by atoms with Gasteiger partial charge in [-0.3, -0.25) is 9.98 Å². The monoisotopic (exact) mass is 303 g/mol. The average molecular weight is 303 g/mol. The zero-order valence-corrected chi connectivity index (χ0v) is 13.2. The van der Waals surface area contributed by atoms with Gasteiger partial charge in [-0.05, 0) is 19.4 Å². The number of aromatic nitrogens is 4. The second kappa shape index (κ2) is 5.43. The summed E-state index contributed by atoms with van der Waals surface area (Å²) in [6, 6.07) is 6.54. The summed E-state index contributed by atoms with van der Waals surface area (Å²) in [6.45, 7) is 4.94. The van der Waals surface area contributed by atoms with Gasteiger partial charge in [0.15, 0.2) is 11.5 Å². The molecule has 0 spiro atoms. The Bertz CT molecular complexity index is 929. The van der Waals surface area contributed by atoms with E-state index in [0.29, 0.717) is 6.54 Å². The highest BCUT2D eigenvalue weighted by atomic mass is 15.3. The van der Waals surface area contributed by atoms with Crippen LogP contribution in [0.25, 0.3) is 11.2 Å². The van der Waals surface area contributed by atoms with Crippen LogP contribution in [0.2, 0.25) is 0 Å². The van der Waals surface area contributed by atoms with E-state index in [1.807, 2.05) is 12.4 Å². The molecule has 1 aliphatic heterocycles. The molecule has 5 nitrogen and oxygen atoms in total. The first kappa shape index (κ1) is 13.8. The van der Waals surface area contributed by atoms with Crippen LogP contribution in [0.5, 0.6) is 0 Å². The molecule has 5 heteroatoms. The normalized spacial score (nSPS) is 13.7. The Labute approximate surface area is 134 Å². The smallest absolute Gasteiger partial charge is 0.182 e. The molecule has 0 amide bonds. The number of aliphatic imine (C=N–C) groups is 1. The van der Waals surface area contributed by atoms with Crippen LogP contribution in [-0.2, 0) is 6.42 Å². The van der Waals surface area contributed by atoms with Crippen LogP contribution in [0, 0.1) is 13.8 Å². The van der Waals surface area contributed by atoms with Crippen LogP contribution in [0.3, 0.4) is 0 Å². The molecule has 0 N–H and O–H groups in total. The maximum atomic E-state index is 4.70. The molecule has 0 aliphatic carbocycles. The largest absolute Gasteiger partial charge is 0.288 e. The first-order valence-electron chi connectivity index (χ1n) is 7.67. The van der Waals surface area contributed by atoms with Crippen molar-refractivity contribution in [3.8, 4) is 0 Å². The number of aryl methyl sites for hydroxylation is 2. The Morgan fingerprint density at radius 2 is 1.96 bits per heavy atom. The average Bonchev–Trinajstić information content (AvgIpc) is 3.14. The van der Waals surface area contributed by atoms with Crippen molar-refractivity contribution in [2.24, 2.45) is 4.99 Å². The van der Waals surface area contributed by atoms with Crippen molar-refractivity contribution in [2.45, 2.75) is 20.3 Å². The second-order valence-corrected chi connectivity index (χ2v) is 5.90. The van der Waals surface area contributed by atoms with Crippen molar-refractivity contribution >= 4 is 17.4 Å². The molecule has 0 saturated carbocycles. The molecule has 0 bridgehead atoms. The van der Waals surface area contributed by atoms with Crippen molar-refractivity contribution in [2.75, 3.05) is 6.54 Å². The molecule has 0 atom stereocenters. The van der Waals surface area contributed by atoms with Crippen LogP contribution in [0.4, 0.5) is 0 Å². The minimum absolute atomic E-state index is 0.710.